The van der Waals surface area contributed by atoms with E-state index in [1.165, 1.54) is 12.0 Å². The molecule has 6 rings (SSSR count). The average Bonchev–Trinajstić information content (AvgIpc) is 3.36. The predicted octanol–water partition coefficient (Wildman–Crippen LogP) is 4.89. The van der Waals surface area contributed by atoms with Crippen LogP contribution in [0.4, 0.5) is 5.82 Å². The molecule has 1 N–H and O–H groups in total. The summed E-state index contributed by atoms with van der Waals surface area (Å²) in [4.78, 5) is 19.3. The van der Waals surface area contributed by atoms with Crippen LogP contribution in [-0.2, 0) is 24.2 Å². The number of rotatable bonds is 4. The predicted molar refractivity (Wildman–Crippen MR) is 121 cm³/mol. The van der Waals surface area contributed by atoms with Crippen LogP contribution < -0.4 is 5.32 Å². The van der Waals surface area contributed by atoms with Gasteiger partial charge in [-0.15, -0.1) is 11.3 Å². The molecule has 0 aliphatic carbocycles. The van der Waals surface area contributed by atoms with Gasteiger partial charge in [-0.3, -0.25) is 0 Å². The Morgan fingerprint density at radius 3 is 3.03 bits per heavy atom. The Hall–Kier alpha value is -3.10. The van der Waals surface area contributed by atoms with Gasteiger partial charge in [0.2, 0.25) is 0 Å². The summed E-state index contributed by atoms with van der Waals surface area (Å²) in [5, 5.41) is 4.56. The lowest BCUT2D eigenvalue weighted by Crippen LogP contribution is -2.32. The van der Waals surface area contributed by atoms with Crippen LogP contribution in [0.25, 0.3) is 31.5 Å². The highest BCUT2D eigenvalue weighted by Gasteiger charge is 2.28. The molecule has 8 heteroatoms. The van der Waals surface area contributed by atoms with E-state index in [1.807, 2.05) is 6.07 Å². The second-order valence-electron chi connectivity index (χ2n) is 8.51. The van der Waals surface area contributed by atoms with Crippen LogP contribution in [0.3, 0.4) is 0 Å². The van der Waals surface area contributed by atoms with Crippen molar-refractivity contribution in [1.82, 2.24) is 19.9 Å². The number of nitrogens with zero attached hydrogens (tertiary/aromatic N) is 4. The number of hydrogen-bond donors (Lipinski definition) is 1. The summed E-state index contributed by atoms with van der Waals surface area (Å²) >= 11 is 1.65. The van der Waals surface area contributed by atoms with Gasteiger partial charge in [0.1, 0.15) is 22.5 Å². The molecule has 0 atom stereocenters. The van der Waals surface area contributed by atoms with Crippen molar-refractivity contribution < 1.29 is 9.15 Å². The first kappa shape index (κ1) is 18.7. The molecule has 0 bridgehead atoms. The van der Waals surface area contributed by atoms with Crippen LogP contribution in [0.1, 0.15) is 30.7 Å². The summed E-state index contributed by atoms with van der Waals surface area (Å²) < 4.78 is 12.3. The number of hydrogen-bond acceptors (Lipinski definition) is 8. The van der Waals surface area contributed by atoms with Crippen LogP contribution in [0, 0.1) is 0 Å². The number of benzene rings is 1. The number of pyridine rings is 1. The van der Waals surface area contributed by atoms with Crippen molar-refractivity contribution in [2.75, 3.05) is 11.9 Å². The fraction of sp³-hybridized carbons (Fsp3) is 0.304. The summed E-state index contributed by atoms with van der Waals surface area (Å²) in [6, 6.07) is 8.29. The number of anilines is 1. The summed E-state index contributed by atoms with van der Waals surface area (Å²) in [5.74, 6) is 0.852. The molecular formula is C23H21N5O2S. The van der Waals surface area contributed by atoms with Crippen molar-refractivity contribution in [3.63, 3.8) is 0 Å². The zero-order valence-electron chi connectivity index (χ0n) is 17.3. The third-order valence-electron chi connectivity index (χ3n) is 5.73. The Balaban J connectivity index is 1.29. The van der Waals surface area contributed by atoms with Crippen LogP contribution in [0.15, 0.2) is 41.4 Å². The molecule has 1 aliphatic heterocycles. The minimum absolute atomic E-state index is 0.175. The third kappa shape index (κ3) is 3.32. The SMILES string of the molecule is CC1(C)Cc2nc3sc4c(NCCc5ccc6ocnc6c5)ncnc4c3cc2CO1. The largest absolute Gasteiger partial charge is 0.443 e. The minimum Gasteiger partial charge on any atom is -0.443 e. The van der Waals surface area contributed by atoms with Gasteiger partial charge < -0.3 is 14.5 Å². The summed E-state index contributed by atoms with van der Waals surface area (Å²) in [5.41, 5.74) is 5.95. The number of oxazole rings is 1. The fourth-order valence-electron chi connectivity index (χ4n) is 4.10. The van der Waals surface area contributed by atoms with Gasteiger partial charge in [0.25, 0.3) is 0 Å². The Morgan fingerprint density at radius 2 is 2.10 bits per heavy atom. The highest BCUT2D eigenvalue weighted by atomic mass is 32.1. The molecule has 0 saturated carbocycles. The van der Waals surface area contributed by atoms with Gasteiger partial charge in [0.15, 0.2) is 12.0 Å². The second kappa shape index (κ2) is 6.96. The van der Waals surface area contributed by atoms with Gasteiger partial charge in [-0.25, -0.2) is 19.9 Å². The molecule has 31 heavy (non-hydrogen) atoms. The Kier molecular flexibility index (Phi) is 4.19. The van der Waals surface area contributed by atoms with Crippen molar-refractivity contribution in [1.29, 1.82) is 0 Å². The highest BCUT2D eigenvalue weighted by Crippen LogP contribution is 2.37. The maximum atomic E-state index is 5.98. The van der Waals surface area contributed by atoms with Crippen molar-refractivity contribution >= 4 is 48.7 Å². The lowest BCUT2D eigenvalue weighted by molar-refractivity contribution is -0.0411. The first-order valence-electron chi connectivity index (χ1n) is 10.3. The second-order valence-corrected chi connectivity index (χ2v) is 9.50. The molecule has 4 aromatic heterocycles. The van der Waals surface area contributed by atoms with Crippen LogP contribution in [-0.4, -0.2) is 32.1 Å². The molecule has 156 valence electrons. The van der Waals surface area contributed by atoms with E-state index in [1.54, 1.807) is 17.7 Å². The molecule has 0 fully saturated rings. The molecular weight excluding hydrogens is 410 g/mol. The number of ether oxygens (including phenoxy) is 1. The molecule has 0 amide bonds. The van der Waals surface area contributed by atoms with E-state index in [4.69, 9.17) is 14.1 Å². The number of thiophene rings is 1. The molecule has 0 saturated heterocycles. The number of fused-ring (bicyclic) bond motifs is 5. The molecule has 0 spiro atoms. The van der Waals surface area contributed by atoms with Gasteiger partial charge in [-0.05, 0) is 44.0 Å². The lowest BCUT2D eigenvalue weighted by Gasteiger charge is -2.30. The molecule has 1 aliphatic rings. The van der Waals surface area contributed by atoms with Gasteiger partial charge in [0.05, 0.1) is 28.1 Å². The van der Waals surface area contributed by atoms with E-state index in [0.717, 1.165) is 68.0 Å². The van der Waals surface area contributed by atoms with Crippen molar-refractivity contribution in [2.24, 2.45) is 0 Å². The minimum atomic E-state index is -0.175. The number of aromatic nitrogens is 4. The normalized spacial score (nSPS) is 15.5. The van der Waals surface area contributed by atoms with Gasteiger partial charge >= 0.3 is 0 Å². The Bertz CT molecular complexity index is 1440. The van der Waals surface area contributed by atoms with E-state index in [2.05, 4.69) is 52.3 Å². The summed E-state index contributed by atoms with van der Waals surface area (Å²) in [6.45, 7) is 5.57. The average molecular weight is 432 g/mol. The quantitative estimate of drug-likeness (QED) is 0.434. The van der Waals surface area contributed by atoms with E-state index >= 15 is 0 Å². The smallest absolute Gasteiger partial charge is 0.181 e. The highest BCUT2D eigenvalue weighted by molar-refractivity contribution is 7.25. The first-order valence-corrected chi connectivity index (χ1v) is 11.1. The fourth-order valence-corrected chi connectivity index (χ4v) is 5.19. The Labute approximate surface area is 182 Å². The van der Waals surface area contributed by atoms with E-state index < -0.39 is 0 Å². The van der Waals surface area contributed by atoms with Gasteiger partial charge in [-0.2, -0.15) is 0 Å². The monoisotopic (exact) mass is 431 g/mol. The van der Waals surface area contributed by atoms with E-state index in [-0.39, 0.29) is 5.60 Å². The van der Waals surface area contributed by atoms with E-state index in [9.17, 15) is 0 Å². The zero-order chi connectivity index (χ0) is 21.0. The molecule has 5 heterocycles. The third-order valence-corrected chi connectivity index (χ3v) is 6.82. The maximum Gasteiger partial charge on any atom is 0.181 e. The lowest BCUT2D eigenvalue weighted by atomic mass is 9.95. The van der Waals surface area contributed by atoms with E-state index in [0.29, 0.717) is 6.61 Å². The Morgan fingerprint density at radius 1 is 1.16 bits per heavy atom. The molecule has 1 aromatic carbocycles. The zero-order valence-corrected chi connectivity index (χ0v) is 18.1. The summed E-state index contributed by atoms with van der Waals surface area (Å²) in [7, 11) is 0. The summed E-state index contributed by atoms with van der Waals surface area (Å²) in [6.07, 6.45) is 4.78. The van der Waals surface area contributed by atoms with Gasteiger partial charge in [0, 0.05) is 23.9 Å². The maximum absolute atomic E-state index is 5.98. The first-order chi connectivity index (χ1) is 15.1. The topological polar surface area (TPSA) is 86.0 Å². The van der Waals surface area contributed by atoms with Crippen LogP contribution in [0.5, 0.6) is 0 Å². The van der Waals surface area contributed by atoms with Crippen LogP contribution >= 0.6 is 11.3 Å². The molecule has 0 unspecified atom stereocenters. The van der Waals surface area contributed by atoms with Gasteiger partial charge in [-0.1, -0.05) is 6.07 Å². The molecule has 0 radical (unpaired) electrons. The number of nitrogens with one attached hydrogen (secondary N) is 1. The van der Waals surface area contributed by atoms with Crippen molar-refractivity contribution in [3.05, 3.63) is 53.8 Å². The standard InChI is InChI=1S/C23H21N5O2S/c1-23(2)9-17-14(10-30-23)8-15-19-20(31-22(15)28-17)21(26-11-25-19)24-6-5-13-3-4-18-16(7-13)27-12-29-18/h3-4,7-8,11-12H,5-6,9-10H2,1-2H3,(H,24,25,26). The van der Waals surface area contributed by atoms with Crippen molar-refractivity contribution in [2.45, 2.75) is 38.9 Å². The van der Waals surface area contributed by atoms with Crippen molar-refractivity contribution in [3.8, 4) is 0 Å². The molecule has 5 aromatic rings. The molecule has 7 nitrogen and oxygen atoms in total. The van der Waals surface area contributed by atoms with Crippen LogP contribution in [0.2, 0.25) is 0 Å².